The van der Waals surface area contributed by atoms with Crippen LogP contribution in [0.1, 0.15) is 5.01 Å². The molecule has 4 rings (SSSR count). The van der Waals surface area contributed by atoms with E-state index in [4.69, 9.17) is 0 Å². The molecule has 0 saturated heterocycles. The Morgan fingerprint density at radius 2 is 2.00 bits per heavy atom. The van der Waals surface area contributed by atoms with E-state index in [1.807, 2.05) is 30.5 Å². The van der Waals surface area contributed by atoms with Crippen LogP contribution < -0.4 is 0 Å². The van der Waals surface area contributed by atoms with Crippen molar-refractivity contribution in [3.63, 3.8) is 0 Å². The Labute approximate surface area is 111 Å². The van der Waals surface area contributed by atoms with Crippen molar-refractivity contribution in [3.8, 4) is 10.7 Å². The molecule has 1 aromatic carbocycles. The summed E-state index contributed by atoms with van der Waals surface area (Å²) in [5.41, 5.74) is 3.03. The van der Waals surface area contributed by atoms with E-state index < -0.39 is 0 Å². The predicted octanol–water partition coefficient (Wildman–Crippen LogP) is 3.38. The number of benzene rings is 1. The molecule has 3 heterocycles. The first-order valence-electron chi connectivity index (χ1n) is 5.48. The van der Waals surface area contributed by atoms with Crippen molar-refractivity contribution < 1.29 is 0 Å². The number of fused-ring (bicyclic) bond motifs is 3. The van der Waals surface area contributed by atoms with Crippen LogP contribution in [0.5, 0.6) is 0 Å². The number of hydrogen-bond donors (Lipinski definition) is 0. The quantitative estimate of drug-likeness (QED) is 0.533. The van der Waals surface area contributed by atoms with E-state index in [1.165, 1.54) is 0 Å². The normalized spacial score (nSPS) is 11.6. The molecule has 88 valence electrons. The van der Waals surface area contributed by atoms with Gasteiger partial charge in [0.2, 0.25) is 5.78 Å². The first-order chi connectivity index (χ1) is 8.81. The maximum Gasteiger partial charge on any atom is 0.246 e. The lowest BCUT2D eigenvalue weighted by Crippen LogP contribution is -1.76. The Morgan fingerprint density at radius 3 is 2.83 bits per heavy atom. The Bertz CT molecular complexity index is 855. The van der Waals surface area contributed by atoms with Crippen LogP contribution >= 0.6 is 22.9 Å². The minimum atomic E-state index is 0.752. The van der Waals surface area contributed by atoms with Crippen molar-refractivity contribution >= 4 is 39.7 Å². The molecule has 0 bridgehead atoms. The summed E-state index contributed by atoms with van der Waals surface area (Å²) in [4.78, 5) is 13.5. The molecule has 0 atom stereocenters. The second-order valence-electron chi connectivity index (χ2n) is 3.95. The van der Waals surface area contributed by atoms with Crippen LogP contribution in [0.25, 0.3) is 27.5 Å². The van der Waals surface area contributed by atoms with Crippen molar-refractivity contribution in [2.45, 2.75) is 6.92 Å². The standard InChI is InChI=1S/C12H8N4S2/c1-7-13-9(6-17-7)11-15-12-14-8-4-2-3-5-10(8)16(12)18-11/h2-6H,1H3. The van der Waals surface area contributed by atoms with Gasteiger partial charge in [0.05, 0.1) is 16.0 Å². The number of para-hydroxylation sites is 2. The maximum absolute atomic E-state index is 4.55. The number of aromatic nitrogens is 4. The first kappa shape index (κ1) is 10.2. The van der Waals surface area contributed by atoms with Gasteiger partial charge in [0.25, 0.3) is 0 Å². The summed E-state index contributed by atoms with van der Waals surface area (Å²) in [6.45, 7) is 2.00. The lowest BCUT2D eigenvalue weighted by atomic mass is 10.3. The largest absolute Gasteiger partial charge is 0.246 e. The van der Waals surface area contributed by atoms with Crippen molar-refractivity contribution in [3.05, 3.63) is 34.7 Å². The molecule has 0 N–H and O–H groups in total. The maximum atomic E-state index is 4.55. The predicted molar refractivity (Wildman–Crippen MR) is 74.2 cm³/mol. The van der Waals surface area contributed by atoms with E-state index in [0.717, 1.165) is 32.5 Å². The van der Waals surface area contributed by atoms with Gasteiger partial charge < -0.3 is 0 Å². The molecule has 0 aliphatic rings. The first-order valence-corrected chi connectivity index (χ1v) is 7.13. The molecule has 4 nitrogen and oxygen atoms in total. The van der Waals surface area contributed by atoms with E-state index in [2.05, 4.69) is 24.8 Å². The SMILES string of the molecule is Cc1nc(-c2nc3nc4ccccc4n3s2)cs1. The van der Waals surface area contributed by atoms with Crippen LogP contribution in [0.3, 0.4) is 0 Å². The summed E-state index contributed by atoms with van der Waals surface area (Å²) in [5, 5.41) is 4.02. The average molecular weight is 272 g/mol. The fraction of sp³-hybridized carbons (Fsp3) is 0.0833. The third kappa shape index (κ3) is 1.39. The number of nitrogens with zero attached hydrogens (tertiary/aromatic N) is 4. The summed E-state index contributed by atoms with van der Waals surface area (Å²) in [5.74, 6) is 0.752. The molecule has 3 aromatic heterocycles. The van der Waals surface area contributed by atoms with Gasteiger partial charge in [-0.1, -0.05) is 12.1 Å². The lowest BCUT2D eigenvalue weighted by Gasteiger charge is -1.88. The Morgan fingerprint density at radius 1 is 1.11 bits per heavy atom. The molecule has 0 spiro atoms. The van der Waals surface area contributed by atoms with Crippen molar-refractivity contribution in [2.75, 3.05) is 0 Å². The fourth-order valence-electron chi connectivity index (χ4n) is 1.92. The highest BCUT2D eigenvalue weighted by Crippen LogP contribution is 2.28. The van der Waals surface area contributed by atoms with Crippen LogP contribution in [0.15, 0.2) is 29.6 Å². The topological polar surface area (TPSA) is 43.1 Å². The zero-order chi connectivity index (χ0) is 12.1. The van der Waals surface area contributed by atoms with Gasteiger partial charge in [0.15, 0.2) is 5.01 Å². The van der Waals surface area contributed by atoms with Crippen LogP contribution in [0, 0.1) is 6.92 Å². The number of rotatable bonds is 1. The second-order valence-corrected chi connectivity index (χ2v) is 5.95. The smallest absolute Gasteiger partial charge is 0.239 e. The van der Waals surface area contributed by atoms with Gasteiger partial charge in [-0.15, -0.1) is 11.3 Å². The van der Waals surface area contributed by atoms with E-state index >= 15 is 0 Å². The molecule has 0 aliphatic carbocycles. The zero-order valence-electron chi connectivity index (χ0n) is 9.49. The van der Waals surface area contributed by atoms with Gasteiger partial charge in [0.1, 0.15) is 5.69 Å². The van der Waals surface area contributed by atoms with Gasteiger partial charge in [-0.2, -0.15) is 4.98 Å². The molecular weight excluding hydrogens is 264 g/mol. The molecule has 0 unspecified atom stereocenters. The van der Waals surface area contributed by atoms with Crippen LogP contribution in [0.2, 0.25) is 0 Å². The third-order valence-electron chi connectivity index (χ3n) is 2.72. The molecule has 0 saturated carbocycles. The van der Waals surface area contributed by atoms with Gasteiger partial charge >= 0.3 is 0 Å². The molecule has 0 radical (unpaired) electrons. The Hall–Kier alpha value is -1.79. The summed E-state index contributed by atoms with van der Waals surface area (Å²) in [7, 11) is 0. The Balaban J connectivity index is 1.99. The number of thiazole rings is 1. The highest BCUT2D eigenvalue weighted by atomic mass is 32.1. The van der Waals surface area contributed by atoms with Crippen LogP contribution in [-0.4, -0.2) is 18.7 Å². The van der Waals surface area contributed by atoms with Crippen LogP contribution in [-0.2, 0) is 0 Å². The summed E-state index contributed by atoms with van der Waals surface area (Å²) >= 11 is 3.23. The number of hydrogen-bond acceptors (Lipinski definition) is 5. The summed E-state index contributed by atoms with van der Waals surface area (Å²) in [6, 6.07) is 8.07. The summed E-state index contributed by atoms with van der Waals surface area (Å²) < 4.78 is 2.05. The number of aryl methyl sites for hydroxylation is 1. The molecule has 18 heavy (non-hydrogen) atoms. The molecule has 0 fully saturated rings. The molecule has 0 aliphatic heterocycles. The minimum absolute atomic E-state index is 0.752. The van der Waals surface area contributed by atoms with Crippen molar-refractivity contribution in [1.29, 1.82) is 0 Å². The van der Waals surface area contributed by atoms with E-state index in [0.29, 0.717) is 0 Å². The highest BCUT2D eigenvalue weighted by molar-refractivity contribution is 7.12. The molecule has 0 amide bonds. The van der Waals surface area contributed by atoms with Gasteiger partial charge in [0, 0.05) is 5.38 Å². The van der Waals surface area contributed by atoms with E-state index in [9.17, 15) is 0 Å². The summed E-state index contributed by atoms with van der Waals surface area (Å²) in [6.07, 6.45) is 0. The second kappa shape index (κ2) is 3.60. The number of imidazole rings is 1. The van der Waals surface area contributed by atoms with Gasteiger partial charge in [-0.05, 0) is 30.6 Å². The average Bonchev–Trinajstić information content (AvgIpc) is 3.01. The Kier molecular flexibility index (Phi) is 2.03. The van der Waals surface area contributed by atoms with Gasteiger partial charge in [-0.25, -0.2) is 13.8 Å². The fourth-order valence-corrected chi connectivity index (χ4v) is 3.50. The lowest BCUT2D eigenvalue weighted by molar-refractivity contribution is 1.26. The van der Waals surface area contributed by atoms with E-state index in [-0.39, 0.29) is 0 Å². The monoisotopic (exact) mass is 272 g/mol. The van der Waals surface area contributed by atoms with Crippen molar-refractivity contribution in [2.24, 2.45) is 0 Å². The minimum Gasteiger partial charge on any atom is -0.239 e. The highest BCUT2D eigenvalue weighted by Gasteiger charge is 2.12. The van der Waals surface area contributed by atoms with Crippen molar-refractivity contribution in [1.82, 2.24) is 18.7 Å². The third-order valence-corrected chi connectivity index (χ3v) is 4.51. The molecular formula is C12H8N4S2. The molecule has 6 heteroatoms. The molecule has 4 aromatic rings. The zero-order valence-corrected chi connectivity index (χ0v) is 11.1. The van der Waals surface area contributed by atoms with Gasteiger partial charge in [-0.3, -0.25) is 0 Å². The van der Waals surface area contributed by atoms with E-state index in [1.54, 1.807) is 22.9 Å². The van der Waals surface area contributed by atoms with Crippen LogP contribution in [0.4, 0.5) is 0 Å².